The van der Waals surface area contributed by atoms with Gasteiger partial charge in [-0.2, -0.15) is 0 Å². The lowest BCUT2D eigenvalue weighted by atomic mass is 10.1. The van der Waals surface area contributed by atoms with Crippen LogP contribution in [0.15, 0.2) is 18.2 Å². The topological polar surface area (TPSA) is 60.9 Å². The van der Waals surface area contributed by atoms with E-state index in [9.17, 15) is 9.59 Å². The Balaban J connectivity index is 2.03. The molecule has 0 saturated carbocycles. The van der Waals surface area contributed by atoms with Crippen LogP contribution in [-0.4, -0.2) is 59.5 Å². The van der Waals surface area contributed by atoms with E-state index in [1.165, 1.54) is 0 Å². The largest absolute Gasteiger partial charge is 0.387 e. The summed E-state index contributed by atoms with van der Waals surface area (Å²) in [7, 11) is 0. The number of piperazine rings is 1. The number of amides is 2. The van der Waals surface area contributed by atoms with Gasteiger partial charge >= 0.3 is 0 Å². The summed E-state index contributed by atoms with van der Waals surface area (Å²) in [5.41, 5.74) is 1.51. The van der Waals surface area contributed by atoms with E-state index < -0.39 is 6.61 Å². The van der Waals surface area contributed by atoms with Crippen molar-refractivity contribution in [3.63, 3.8) is 0 Å². The third kappa shape index (κ3) is 3.29. The number of aryl methyl sites for hydroxylation is 1. The van der Waals surface area contributed by atoms with Crippen molar-refractivity contribution < 1.29 is 14.7 Å². The summed E-state index contributed by atoms with van der Waals surface area (Å²) < 4.78 is 0. The quantitative estimate of drug-likeness (QED) is 0.883. The number of aliphatic hydroxyl groups excluding tert-OH is 1. The van der Waals surface area contributed by atoms with Crippen LogP contribution in [0, 0.1) is 6.92 Å². The fourth-order valence-corrected chi connectivity index (χ4v) is 2.59. The van der Waals surface area contributed by atoms with Crippen LogP contribution < -0.4 is 0 Å². The molecule has 0 aromatic heterocycles. The molecular formula is C14H17ClN2O3. The average Bonchev–Trinajstić information content (AvgIpc) is 2.45. The zero-order valence-electron chi connectivity index (χ0n) is 11.3. The van der Waals surface area contributed by atoms with Gasteiger partial charge in [-0.25, -0.2) is 0 Å². The maximum atomic E-state index is 12.4. The van der Waals surface area contributed by atoms with Crippen molar-refractivity contribution in [3.8, 4) is 0 Å². The molecule has 0 atom stereocenters. The fourth-order valence-electron chi connectivity index (χ4n) is 2.30. The van der Waals surface area contributed by atoms with Crippen LogP contribution in [0.5, 0.6) is 0 Å². The highest BCUT2D eigenvalue weighted by atomic mass is 35.5. The molecule has 1 aliphatic heterocycles. The highest BCUT2D eigenvalue weighted by molar-refractivity contribution is 6.31. The summed E-state index contributed by atoms with van der Waals surface area (Å²) in [4.78, 5) is 27.0. The second kappa shape index (κ2) is 6.24. The van der Waals surface area contributed by atoms with Crippen molar-refractivity contribution in [1.29, 1.82) is 0 Å². The third-order valence-corrected chi connectivity index (χ3v) is 3.56. The molecule has 1 aromatic rings. The Hall–Kier alpha value is -1.59. The van der Waals surface area contributed by atoms with Crippen LogP contribution >= 0.6 is 11.6 Å². The smallest absolute Gasteiger partial charge is 0.254 e. The molecule has 0 radical (unpaired) electrons. The first kappa shape index (κ1) is 14.8. The Morgan fingerprint density at radius 3 is 2.30 bits per heavy atom. The van der Waals surface area contributed by atoms with Crippen LogP contribution in [-0.2, 0) is 4.79 Å². The van der Waals surface area contributed by atoms with E-state index in [1.807, 2.05) is 6.92 Å². The SMILES string of the molecule is Cc1cc(Cl)cc(C(=O)N2CCN(C(=O)CO)CC2)c1. The van der Waals surface area contributed by atoms with E-state index in [1.54, 1.807) is 28.0 Å². The fraction of sp³-hybridized carbons (Fsp3) is 0.429. The Bertz CT molecular complexity index is 505. The lowest BCUT2D eigenvalue weighted by Crippen LogP contribution is -2.51. The van der Waals surface area contributed by atoms with E-state index in [0.717, 1.165) is 5.56 Å². The van der Waals surface area contributed by atoms with Crippen LogP contribution in [0.2, 0.25) is 5.02 Å². The van der Waals surface area contributed by atoms with Gasteiger partial charge in [0.1, 0.15) is 6.61 Å². The number of hydrogen-bond donors (Lipinski definition) is 1. The van der Waals surface area contributed by atoms with E-state index in [-0.39, 0.29) is 11.8 Å². The first-order valence-corrected chi connectivity index (χ1v) is 6.84. The summed E-state index contributed by atoms with van der Waals surface area (Å²) >= 11 is 5.97. The van der Waals surface area contributed by atoms with Gasteiger partial charge in [0.15, 0.2) is 0 Å². The molecule has 0 unspecified atom stereocenters. The van der Waals surface area contributed by atoms with Crippen LogP contribution in [0.1, 0.15) is 15.9 Å². The number of rotatable bonds is 2. The molecule has 1 heterocycles. The zero-order chi connectivity index (χ0) is 14.7. The molecule has 0 bridgehead atoms. The van der Waals surface area contributed by atoms with Crippen LogP contribution in [0.25, 0.3) is 0 Å². The minimum atomic E-state index is -0.485. The number of halogens is 1. The van der Waals surface area contributed by atoms with Crippen molar-refractivity contribution in [3.05, 3.63) is 34.3 Å². The van der Waals surface area contributed by atoms with Gasteiger partial charge in [-0.15, -0.1) is 0 Å². The first-order valence-electron chi connectivity index (χ1n) is 6.46. The summed E-state index contributed by atoms with van der Waals surface area (Å²) in [5.74, 6) is -0.373. The predicted octanol–water partition coefficient (Wildman–Crippen LogP) is 0.925. The molecule has 1 fully saturated rings. The molecule has 1 aromatic carbocycles. The molecule has 1 aliphatic rings. The number of carbonyl (C=O) groups is 2. The summed E-state index contributed by atoms with van der Waals surface area (Å²) in [5, 5.41) is 9.36. The molecule has 1 N–H and O–H groups in total. The number of nitrogens with zero attached hydrogens (tertiary/aromatic N) is 2. The normalized spacial score (nSPS) is 15.3. The van der Waals surface area contributed by atoms with E-state index in [2.05, 4.69) is 0 Å². The molecule has 0 spiro atoms. The van der Waals surface area contributed by atoms with Gasteiger partial charge in [0.05, 0.1) is 0 Å². The van der Waals surface area contributed by atoms with Gasteiger partial charge in [0.25, 0.3) is 5.91 Å². The minimum Gasteiger partial charge on any atom is -0.387 e. The van der Waals surface area contributed by atoms with Crippen molar-refractivity contribution in [2.75, 3.05) is 32.8 Å². The third-order valence-electron chi connectivity index (χ3n) is 3.34. The Morgan fingerprint density at radius 2 is 1.75 bits per heavy atom. The maximum Gasteiger partial charge on any atom is 0.254 e. The Labute approximate surface area is 122 Å². The van der Waals surface area contributed by atoms with Crippen molar-refractivity contribution in [1.82, 2.24) is 9.80 Å². The predicted molar refractivity (Wildman–Crippen MR) is 75.8 cm³/mol. The second-order valence-electron chi connectivity index (χ2n) is 4.85. The lowest BCUT2D eigenvalue weighted by molar-refractivity contribution is -0.135. The Kier molecular flexibility index (Phi) is 4.62. The molecular weight excluding hydrogens is 280 g/mol. The summed E-state index contributed by atoms with van der Waals surface area (Å²) in [6.45, 7) is 3.24. The van der Waals surface area contributed by atoms with Gasteiger partial charge in [-0.3, -0.25) is 9.59 Å². The average molecular weight is 297 g/mol. The number of benzene rings is 1. The molecule has 108 valence electrons. The highest BCUT2D eigenvalue weighted by Gasteiger charge is 2.24. The van der Waals surface area contributed by atoms with Gasteiger partial charge in [-0.05, 0) is 30.7 Å². The molecule has 0 aliphatic carbocycles. The molecule has 5 nitrogen and oxygen atoms in total. The zero-order valence-corrected chi connectivity index (χ0v) is 12.1. The first-order chi connectivity index (χ1) is 9.51. The van der Waals surface area contributed by atoms with Crippen LogP contribution in [0.3, 0.4) is 0 Å². The minimum absolute atomic E-state index is 0.0771. The van der Waals surface area contributed by atoms with Crippen molar-refractivity contribution in [2.24, 2.45) is 0 Å². The summed E-state index contributed by atoms with van der Waals surface area (Å²) in [6.07, 6.45) is 0. The highest BCUT2D eigenvalue weighted by Crippen LogP contribution is 2.17. The lowest BCUT2D eigenvalue weighted by Gasteiger charge is -2.34. The van der Waals surface area contributed by atoms with E-state index in [4.69, 9.17) is 16.7 Å². The van der Waals surface area contributed by atoms with Gasteiger partial charge in [0.2, 0.25) is 5.91 Å². The second-order valence-corrected chi connectivity index (χ2v) is 5.28. The molecule has 2 amide bonds. The molecule has 1 saturated heterocycles. The standard InChI is InChI=1S/C14H17ClN2O3/c1-10-6-11(8-12(15)7-10)14(20)17-4-2-16(3-5-17)13(19)9-18/h6-8,18H,2-5,9H2,1H3. The number of aliphatic hydroxyl groups is 1. The van der Waals surface area contributed by atoms with Gasteiger partial charge < -0.3 is 14.9 Å². The molecule has 20 heavy (non-hydrogen) atoms. The van der Waals surface area contributed by atoms with Gasteiger partial charge in [0, 0.05) is 36.8 Å². The van der Waals surface area contributed by atoms with Crippen LogP contribution in [0.4, 0.5) is 0 Å². The monoisotopic (exact) mass is 296 g/mol. The van der Waals surface area contributed by atoms with Crippen molar-refractivity contribution in [2.45, 2.75) is 6.92 Å². The number of hydrogen-bond acceptors (Lipinski definition) is 3. The molecule has 2 rings (SSSR count). The van der Waals surface area contributed by atoms with Crippen molar-refractivity contribution >= 4 is 23.4 Å². The van der Waals surface area contributed by atoms with Gasteiger partial charge in [-0.1, -0.05) is 11.6 Å². The summed E-state index contributed by atoms with van der Waals surface area (Å²) in [6, 6.07) is 5.26. The van der Waals surface area contributed by atoms with E-state index in [0.29, 0.717) is 36.8 Å². The maximum absolute atomic E-state index is 12.4. The molecule has 6 heteroatoms. The Morgan fingerprint density at radius 1 is 1.15 bits per heavy atom. The van der Waals surface area contributed by atoms with E-state index >= 15 is 0 Å². The number of carbonyl (C=O) groups excluding carboxylic acids is 2.